The first-order chi connectivity index (χ1) is 8.50. The second-order valence-corrected chi connectivity index (χ2v) is 3.68. The molecule has 1 aromatic rings. The zero-order valence-corrected chi connectivity index (χ0v) is 9.61. The largest absolute Gasteiger partial charge is 0.433 e. The van der Waals surface area contributed by atoms with Gasteiger partial charge in [0.05, 0.1) is 6.54 Å². The first-order valence-electron chi connectivity index (χ1n) is 4.60. The van der Waals surface area contributed by atoms with Crippen molar-refractivity contribution in [2.24, 2.45) is 0 Å². The van der Waals surface area contributed by atoms with Crippen LogP contribution in [-0.2, 0) is 6.18 Å². The normalized spacial score (nSPS) is 14.3. The third kappa shape index (κ3) is 4.71. The zero-order chi connectivity index (χ0) is 14.8. The van der Waals surface area contributed by atoms with Crippen LogP contribution in [0.25, 0.3) is 0 Å². The Morgan fingerprint density at radius 3 is 2.26 bits per heavy atom. The van der Waals surface area contributed by atoms with Gasteiger partial charge in [0, 0.05) is 6.07 Å². The molecule has 0 bridgehead atoms. The van der Waals surface area contributed by atoms with Gasteiger partial charge in [-0.05, 0) is 11.6 Å². The second kappa shape index (κ2) is 5.37. The third-order valence-electron chi connectivity index (χ3n) is 1.84. The first kappa shape index (κ1) is 15.8. The zero-order valence-electron chi connectivity index (χ0n) is 8.85. The SMILES string of the molecule is OC(CNc1cc(C(F)(F)F)nc(Cl)n1)C(F)(F)F. The molecule has 108 valence electrons. The van der Waals surface area contributed by atoms with Gasteiger partial charge in [-0.25, -0.2) is 9.97 Å². The summed E-state index contributed by atoms with van der Waals surface area (Å²) in [5, 5.41) is 9.78. The lowest BCUT2D eigenvalue weighted by molar-refractivity contribution is -0.198. The minimum atomic E-state index is -4.89. The monoisotopic (exact) mass is 309 g/mol. The number of aliphatic hydroxyl groups excluding tert-OH is 1. The summed E-state index contributed by atoms with van der Waals surface area (Å²) < 4.78 is 72.9. The second-order valence-electron chi connectivity index (χ2n) is 3.34. The Labute approximate surface area is 107 Å². The van der Waals surface area contributed by atoms with Gasteiger partial charge in [0.25, 0.3) is 0 Å². The van der Waals surface area contributed by atoms with Gasteiger partial charge >= 0.3 is 12.4 Å². The maximum absolute atomic E-state index is 12.3. The fraction of sp³-hybridized carbons (Fsp3) is 0.500. The number of rotatable bonds is 3. The lowest BCUT2D eigenvalue weighted by atomic mass is 10.3. The van der Waals surface area contributed by atoms with Crippen LogP contribution in [0.3, 0.4) is 0 Å². The Morgan fingerprint density at radius 1 is 1.21 bits per heavy atom. The fourth-order valence-electron chi connectivity index (χ4n) is 0.971. The van der Waals surface area contributed by atoms with Gasteiger partial charge in [0.15, 0.2) is 11.8 Å². The van der Waals surface area contributed by atoms with Gasteiger partial charge in [-0.2, -0.15) is 26.3 Å². The van der Waals surface area contributed by atoms with Crippen LogP contribution >= 0.6 is 11.6 Å². The topological polar surface area (TPSA) is 58.0 Å². The molecule has 2 N–H and O–H groups in total. The molecule has 0 aliphatic heterocycles. The van der Waals surface area contributed by atoms with Crippen molar-refractivity contribution in [2.75, 3.05) is 11.9 Å². The molecule has 0 aromatic carbocycles. The van der Waals surface area contributed by atoms with Gasteiger partial charge in [-0.3, -0.25) is 0 Å². The number of hydrogen-bond acceptors (Lipinski definition) is 4. The highest BCUT2D eigenvalue weighted by molar-refractivity contribution is 6.28. The minimum absolute atomic E-state index is 0.384. The molecule has 0 saturated carbocycles. The highest BCUT2D eigenvalue weighted by Gasteiger charge is 2.38. The van der Waals surface area contributed by atoms with Gasteiger partial charge in [0.2, 0.25) is 5.28 Å². The molecular formula is C8H6ClF6N3O. The van der Waals surface area contributed by atoms with Crippen LogP contribution in [0.1, 0.15) is 5.69 Å². The van der Waals surface area contributed by atoms with E-state index in [-0.39, 0.29) is 0 Å². The average molecular weight is 310 g/mol. The van der Waals surface area contributed by atoms with Crippen molar-refractivity contribution in [3.05, 3.63) is 17.0 Å². The van der Waals surface area contributed by atoms with E-state index in [2.05, 4.69) is 9.97 Å². The number of hydrogen-bond donors (Lipinski definition) is 2. The minimum Gasteiger partial charge on any atom is -0.382 e. The van der Waals surface area contributed by atoms with Crippen molar-refractivity contribution in [3.8, 4) is 0 Å². The van der Waals surface area contributed by atoms with Crippen molar-refractivity contribution < 1.29 is 31.4 Å². The molecule has 1 rings (SSSR count). The number of halogens is 7. The fourth-order valence-corrected chi connectivity index (χ4v) is 1.15. The van der Waals surface area contributed by atoms with Gasteiger partial charge in [-0.1, -0.05) is 0 Å². The summed E-state index contributed by atoms with van der Waals surface area (Å²) in [5.41, 5.74) is -1.41. The summed E-state index contributed by atoms with van der Waals surface area (Å²) in [6.45, 7) is -1.06. The molecule has 1 aromatic heterocycles. The predicted molar refractivity (Wildman–Crippen MR) is 52.6 cm³/mol. The Morgan fingerprint density at radius 2 is 1.79 bits per heavy atom. The number of nitrogens with zero attached hydrogens (tertiary/aromatic N) is 2. The highest BCUT2D eigenvalue weighted by atomic mass is 35.5. The van der Waals surface area contributed by atoms with Crippen molar-refractivity contribution in [2.45, 2.75) is 18.5 Å². The smallest absolute Gasteiger partial charge is 0.382 e. The molecule has 0 fully saturated rings. The summed E-state index contributed by atoms with van der Waals surface area (Å²) in [6, 6.07) is 0.384. The maximum atomic E-state index is 12.3. The van der Waals surface area contributed by atoms with Crippen LogP contribution in [0, 0.1) is 0 Å². The first-order valence-corrected chi connectivity index (χ1v) is 4.98. The summed E-state index contributed by atoms with van der Waals surface area (Å²) in [4.78, 5) is 6.15. The third-order valence-corrected chi connectivity index (χ3v) is 2.01. The van der Waals surface area contributed by atoms with E-state index >= 15 is 0 Å². The summed E-state index contributed by atoms with van der Waals surface area (Å²) >= 11 is 5.21. The summed E-state index contributed by atoms with van der Waals surface area (Å²) in [7, 11) is 0. The van der Waals surface area contributed by atoms with E-state index in [0.717, 1.165) is 0 Å². The van der Waals surface area contributed by atoms with E-state index in [1.54, 1.807) is 0 Å². The molecule has 19 heavy (non-hydrogen) atoms. The van der Waals surface area contributed by atoms with Crippen LogP contribution in [0.4, 0.5) is 32.2 Å². The van der Waals surface area contributed by atoms with Crippen molar-refractivity contribution in [3.63, 3.8) is 0 Å². The van der Waals surface area contributed by atoms with Crippen molar-refractivity contribution in [1.29, 1.82) is 0 Å². The number of aromatic nitrogens is 2. The maximum Gasteiger partial charge on any atom is 0.433 e. The molecule has 0 aliphatic rings. The molecule has 0 spiro atoms. The van der Waals surface area contributed by atoms with E-state index in [1.165, 1.54) is 0 Å². The Balaban J connectivity index is 2.83. The van der Waals surface area contributed by atoms with E-state index < -0.39 is 41.8 Å². The Bertz CT molecular complexity index is 449. The molecule has 1 heterocycles. The molecule has 0 radical (unpaired) electrons. The molecule has 0 aliphatic carbocycles. The lowest BCUT2D eigenvalue weighted by Crippen LogP contribution is -2.35. The average Bonchev–Trinajstić information content (AvgIpc) is 2.22. The van der Waals surface area contributed by atoms with Crippen LogP contribution in [0.2, 0.25) is 5.28 Å². The molecular weight excluding hydrogens is 304 g/mol. The van der Waals surface area contributed by atoms with E-state index in [1.807, 2.05) is 5.32 Å². The Hall–Kier alpha value is -1.29. The number of anilines is 1. The van der Waals surface area contributed by atoms with Gasteiger partial charge in [0.1, 0.15) is 5.82 Å². The van der Waals surface area contributed by atoms with E-state index in [0.29, 0.717) is 6.07 Å². The standard InChI is InChI=1S/C8H6ClF6N3O/c9-6-17-3(7(10,11)12)1-5(18-6)16-2-4(19)8(13,14)15/h1,4,19H,2H2,(H,16,17,18). The summed E-state index contributed by atoms with van der Waals surface area (Å²) in [5.74, 6) is -0.573. The highest BCUT2D eigenvalue weighted by Crippen LogP contribution is 2.29. The lowest BCUT2D eigenvalue weighted by Gasteiger charge is -2.16. The molecule has 1 unspecified atom stereocenters. The van der Waals surface area contributed by atoms with E-state index in [4.69, 9.17) is 16.7 Å². The molecule has 1 atom stereocenters. The molecule has 0 saturated heterocycles. The van der Waals surface area contributed by atoms with Crippen LogP contribution < -0.4 is 5.32 Å². The van der Waals surface area contributed by atoms with Crippen molar-refractivity contribution >= 4 is 17.4 Å². The van der Waals surface area contributed by atoms with E-state index in [9.17, 15) is 26.3 Å². The predicted octanol–water partition coefficient (Wildman–Crippen LogP) is 2.48. The van der Waals surface area contributed by atoms with Crippen LogP contribution in [-0.4, -0.2) is 33.9 Å². The number of alkyl halides is 6. The Kier molecular flexibility index (Phi) is 4.46. The van der Waals surface area contributed by atoms with Crippen LogP contribution in [0.5, 0.6) is 0 Å². The number of nitrogens with one attached hydrogen (secondary N) is 1. The number of aliphatic hydroxyl groups is 1. The van der Waals surface area contributed by atoms with Gasteiger partial charge in [-0.15, -0.1) is 0 Å². The van der Waals surface area contributed by atoms with Crippen LogP contribution in [0.15, 0.2) is 6.07 Å². The van der Waals surface area contributed by atoms with Gasteiger partial charge < -0.3 is 10.4 Å². The molecule has 0 amide bonds. The quantitative estimate of drug-likeness (QED) is 0.665. The summed E-state index contributed by atoms with van der Waals surface area (Å²) in [6.07, 6.45) is -12.4. The van der Waals surface area contributed by atoms with Crippen molar-refractivity contribution in [1.82, 2.24) is 9.97 Å². The molecule has 11 heteroatoms. The molecule has 4 nitrogen and oxygen atoms in total.